The molecule has 5 nitrogen and oxygen atoms in total. The molecule has 5 heteroatoms. The quantitative estimate of drug-likeness (QED) is 0.533. The van der Waals surface area contributed by atoms with Gasteiger partial charge in [0.25, 0.3) is 0 Å². The molecule has 0 radical (unpaired) electrons. The fourth-order valence-electron chi connectivity index (χ4n) is 2.11. The number of unbranched alkanes of at least 4 members (excludes halogenated alkanes) is 1. The fourth-order valence-corrected chi connectivity index (χ4v) is 2.11. The summed E-state index contributed by atoms with van der Waals surface area (Å²) in [5.74, 6) is 1.05. The molecule has 22 heavy (non-hydrogen) atoms. The lowest BCUT2D eigenvalue weighted by Gasteiger charge is -2.11. The minimum atomic E-state index is 0.229. The van der Waals surface area contributed by atoms with Crippen LogP contribution in [0.4, 0.5) is 5.69 Å². The third kappa shape index (κ3) is 7.11. The van der Waals surface area contributed by atoms with Gasteiger partial charge < -0.3 is 16.8 Å². The molecule has 0 aromatic heterocycles. The molecule has 0 aliphatic carbocycles. The van der Waals surface area contributed by atoms with Gasteiger partial charge in [0.1, 0.15) is 0 Å². The Morgan fingerprint density at radius 2 is 1.86 bits per heavy atom. The summed E-state index contributed by atoms with van der Waals surface area (Å²) < 4.78 is 0. The molecule has 0 amide bonds. The second kappa shape index (κ2) is 9.82. The van der Waals surface area contributed by atoms with Crippen LogP contribution in [0.2, 0.25) is 0 Å². The lowest BCUT2D eigenvalue weighted by Crippen LogP contribution is -2.26. The highest BCUT2D eigenvalue weighted by atomic mass is 15.2. The summed E-state index contributed by atoms with van der Waals surface area (Å²) in [5, 5.41) is 3.00. The van der Waals surface area contributed by atoms with E-state index >= 15 is 0 Å². The molecule has 1 atom stereocenters. The topological polar surface area (TPSA) is 88.8 Å². The summed E-state index contributed by atoms with van der Waals surface area (Å²) in [4.78, 5) is 8.42. The maximum atomic E-state index is 5.84. The highest BCUT2D eigenvalue weighted by Crippen LogP contribution is 2.12. The fraction of sp³-hybridized carbons (Fsp3) is 0.529. The van der Waals surface area contributed by atoms with Gasteiger partial charge in [0, 0.05) is 12.2 Å². The summed E-state index contributed by atoms with van der Waals surface area (Å²) in [6.07, 6.45) is 4.73. The van der Waals surface area contributed by atoms with Crippen molar-refractivity contribution in [3.8, 4) is 0 Å². The summed E-state index contributed by atoms with van der Waals surface area (Å²) >= 11 is 0. The molecule has 0 aliphatic rings. The third-order valence-corrected chi connectivity index (χ3v) is 3.61. The van der Waals surface area contributed by atoms with Crippen LogP contribution in [0, 0.1) is 12.8 Å². The molecule has 1 rings (SSSR count). The Morgan fingerprint density at radius 3 is 2.45 bits per heavy atom. The smallest absolute Gasteiger partial charge is 0.218 e. The monoisotopic (exact) mass is 303 g/mol. The Kier molecular flexibility index (Phi) is 8.04. The van der Waals surface area contributed by atoms with E-state index in [2.05, 4.69) is 29.1 Å². The normalized spacial score (nSPS) is 14.0. The summed E-state index contributed by atoms with van der Waals surface area (Å²) in [5.41, 5.74) is 13.7. The highest BCUT2D eigenvalue weighted by Gasteiger charge is 2.05. The van der Waals surface area contributed by atoms with E-state index in [-0.39, 0.29) is 11.9 Å². The maximum absolute atomic E-state index is 5.84. The molecule has 0 saturated carbocycles. The van der Waals surface area contributed by atoms with E-state index in [0.717, 1.165) is 12.1 Å². The molecule has 5 N–H and O–H groups in total. The molecule has 0 heterocycles. The molecule has 1 aromatic carbocycles. The first-order valence-electron chi connectivity index (χ1n) is 8.02. The highest BCUT2D eigenvalue weighted by molar-refractivity contribution is 6.00. The van der Waals surface area contributed by atoms with Crippen LogP contribution in [-0.2, 0) is 0 Å². The Bertz CT molecular complexity index is 490. The van der Waals surface area contributed by atoms with Crippen molar-refractivity contribution in [2.75, 3.05) is 11.9 Å². The number of hydrogen-bond acceptors (Lipinski definition) is 1. The van der Waals surface area contributed by atoms with Crippen LogP contribution in [0.15, 0.2) is 34.3 Å². The van der Waals surface area contributed by atoms with Gasteiger partial charge in [-0.1, -0.05) is 50.8 Å². The molecule has 0 bridgehead atoms. The lowest BCUT2D eigenvalue weighted by atomic mass is 10.00. The number of guanidine groups is 2. The zero-order chi connectivity index (χ0) is 16.4. The van der Waals surface area contributed by atoms with Crippen LogP contribution in [-0.4, -0.2) is 18.5 Å². The van der Waals surface area contributed by atoms with Gasteiger partial charge in [-0.2, -0.15) is 4.99 Å². The van der Waals surface area contributed by atoms with Crippen LogP contribution in [0.3, 0.4) is 0 Å². The van der Waals surface area contributed by atoms with E-state index in [1.54, 1.807) is 0 Å². The molecule has 0 aliphatic heterocycles. The largest absolute Gasteiger partial charge is 0.369 e. The number of benzene rings is 1. The summed E-state index contributed by atoms with van der Waals surface area (Å²) in [7, 11) is 0. The first-order valence-corrected chi connectivity index (χ1v) is 8.02. The molecular weight excluding hydrogens is 274 g/mol. The summed E-state index contributed by atoms with van der Waals surface area (Å²) in [6, 6.07) is 7.91. The van der Waals surface area contributed by atoms with Gasteiger partial charge in [0.2, 0.25) is 11.9 Å². The van der Waals surface area contributed by atoms with Gasteiger partial charge in [-0.05, 0) is 31.4 Å². The molecule has 1 aromatic rings. The average molecular weight is 303 g/mol. The molecule has 0 unspecified atom stereocenters. The van der Waals surface area contributed by atoms with Gasteiger partial charge in [-0.15, -0.1) is 0 Å². The number of nitrogens with one attached hydrogen (secondary N) is 1. The van der Waals surface area contributed by atoms with E-state index in [1.165, 1.54) is 24.8 Å². The minimum absolute atomic E-state index is 0.229. The molecule has 0 spiro atoms. The van der Waals surface area contributed by atoms with Crippen LogP contribution in [0.25, 0.3) is 0 Å². The van der Waals surface area contributed by atoms with Crippen LogP contribution >= 0.6 is 0 Å². The summed E-state index contributed by atoms with van der Waals surface area (Å²) in [6.45, 7) is 7.13. The zero-order valence-corrected chi connectivity index (χ0v) is 14.0. The number of hydrogen-bond donors (Lipinski definition) is 3. The molecule has 122 valence electrons. The van der Waals surface area contributed by atoms with E-state index in [4.69, 9.17) is 11.5 Å². The van der Waals surface area contributed by atoms with Gasteiger partial charge in [-0.25, -0.2) is 0 Å². The van der Waals surface area contributed by atoms with Crippen molar-refractivity contribution in [1.82, 2.24) is 0 Å². The molecule has 0 saturated heterocycles. The standard InChI is InChI=1S/C17H29N5/c1-4-6-7-14(5-2)12-20-16(18)22-17(19)21-15-10-8-13(3)9-11-15/h8-11,14H,4-7,12H2,1-3H3,(H5,18,19,20,21,22)/t14-/m1/s1. The van der Waals surface area contributed by atoms with E-state index in [0.29, 0.717) is 12.5 Å². The zero-order valence-electron chi connectivity index (χ0n) is 14.0. The van der Waals surface area contributed by atoms with Gasteiger partial charge in [0.15, 0.2) is 0 Å². The number of aryl methyl sites for hydroxylation is 1. The average Bonchev–Trinajstić information content (AvgIpc) is 2.49. The lowest BCUT2D eigenvalue weighted by molar-refractivity contribution is 0.462. The van der Waals surface area contributed by atoms with Crippen LogP contribution < -0.4 is 16.8 Å². The SMILES string of the molecule is CCCC[C@@H](CC)CN=C(N)N=C(N)Nc1ccc(C)cc1. The Labute approximate surface area is 133 Å². The number of rotatable bonds is 7. The number of nitrogens with zero attached hydrogens (tertiary/aromatic N) is 2. The van der Waals surface area contributed by atoms with E-state index in [9.17, 15) is 0 Å². The Balaban J connectivity index is 2.54. The van der Waals surface area contributed by atoms with Crippen LogP contribution in [0.5, 0.6) is 0 Å². The van der Waals surface area contributed by atoms with Gasteiger partial charge >= 0.3 is 0 Å². The Morgan fingerprint density at radius 1 is 1.18 bits per heavy atom. The van der Waals surface area contributed by atoms with Crippen molar-refractivity contribution in [2.45, 2.75) is 46.5 Å². The minimum Gasteiger partial charge on any atom is -0.369 e. The van der Waals surface area contributed by atoms with Gasteiger partial charge in [0.05, 0.1) is 0 Å². The number of aliphatic imine (C=N–C) groups is 2. The van der Waals surface area contributed by atoms with Crippen molar-refractivity contribution < 1.29 is 0 Å². The van der Waals surface area contributed by atoms with Crippen LogP contribution in [0.1, 0.15) is 45.1 Å². The van der Waals surface area contributed by atoms with Crippen molar-refractivity contribution in [1.29, 1.82) is 0 Å². The van der Waals surface area contributed by atoms with E-state index < -0.39 is 0 Å². The van der Waals surface area contributed by atoms with Crippen molar-refractivity contribution in [3.05, 3.63) is 29.8 Å². The maximum Gasteiger partial charge on any atom is 0.218 e. The number of anilines is 1. The van der Waals surface area contributed by atoms with Gasteiger partial charge in [-0.3, -0.25) is 4.99 Å². The first kappa shape index (κ1) is 18.0. The predicted octanol–water partition coefficient (Wildman–Crippen LogP) is 3.25. The Hall–Kier alpha value is -2.04. The third-order valence-electron chi connectivity index (χ3n) is 3.61. The molecular formula is C17H29N5. The van der Waals surface area contributed by atoms with E-state index in [1.807, 2.05) is 31.2 Å². The first-order chi connectivity index (χ1) is 10.5. The second-order valence-electron chi connectivity index (χ2n) is 5.60. The second-order valence-corrected chi connectivity index (χ2v) is 5.60. The molecule has 0 fully saturated rings. The number of nitrogens with two attached hydrogens (primary N) is 2. The van der Waals surface area contributed by atoms with Crippen molar-refractivity contribution in [3.63, 3.8) is 0 Å². The van der Waals surface area contributed by atoms with Crippen molar-refractivity contribution in [2.24, 2.45) is 27.4 Å². The van der Waals surface area contributed by atoms with Crippen molar-refractivity contribution >= 4 is 17.6 Å². The predicted molar refractivity (Wildman–Crippen MR) is 96.2 cm³/mol.